The van der Waals surface area contributed by atoms with Crippen LogP contribution in [0.5, 0.6) is 0 Å². The maximum Gasteiger partial charge on any atom is 0.137 e. The van der Waals surface area contributed by atoms with Gasteiger partial charge >= 0.3 is 0 Å². The van der Waals surface area contributed by atoms with E-state index in [1.165, 1.54) is 49.7 Å². The Morgan fingerprint density at radius 3 is 1.28 bits per heavy atom. The van der Waals surface area contributed by atoms with Gasteiger partial charge in [0.2, 0.25) is 0 Å². The summed E-state index contributed by atoms with van der Waals surface area (Å²) in [4.78, 5) is 2.33. The van der Waals surface area contributed by atoms with Crippen LogP contribution >= 0.6 is 0 Å². The Kier molecular flexibility index (Phi) is 7.85. The van der Waals surface area contributed by atoms with E-state index in [4.69, 9.17) is 4.42 Å². The van der Waals surface area contributed by atoms with Crippen molar-refractivity contribution in [2.75, 3.05) is 4.90 Å². The molecular formula is C52H35NO. The Labute approximate surface area is 314 Å². The highest BCUT2D eigenvalue weighted by Crippen LogP contribution is 2.41. The highest BCUT2D eigenvalue weighted by Gasteiger charge is 2.17. The fraction of sp³-hybridized carbons (Fsp3) is 0. The van der Waals surface area contributed by atoms with E-state index < -0.39 is 0 Å². The summed E-state index contributed by atoms with van der Waals surface area (Å²) in [5, 5.41) is 4.63. The lowest BCUT2D eigenvalue weighted by Gasteiger charge is -2.26. The maximum absolute atomic E-state index is 6.56. The van der Waals surface area contributed by atoms with Gasteiger partial charge in [0, 0.05) is 33.9 Å². The van der Waals surface area contributed by atoms with E-state index >= 15 is 0 Å². The minimum absolute atomic E-state index is 0.866. The molecule has 0 fully saturated rings. The van der Waals surface area contributed by atoms with Crippen molar-refractivity contribution in [3.05, 3.63) is 212 Å². The second-order valence-corrected chi connectivity index (χ2v) is 13.8. The summed E-state index contributed by atoms with van der Waals surface area (Å²) in [5.41, 5.74) is 14.5. The van der Waals surface area contributed by atoms with Crippen LogP contribution in [0.3, 0.4) is 0 Å². The van der Waals surface area contributed by atoms with Crippen molar-refractivity contribution < 1.29 is 4.42 Å². The van der Waals surface area contributed by atoms with E-state index in [0.29, 0.717) is 0 Å². The molecule has 0 aliphatic carbocycles. The second kappa shape index (κ2) is 13.4. The standard InChI is InChI=1S/C52H35NO/c1-3-10-36(11-4-1)38-18-20-40(21-19-38)41-26-28-46(29-27-41)53(47-17-9-16-43(32-47)42-24-22-39(23-25-42)37-12-5-2-6-13-37)48-30-31-49-50-33-44-14-7-8-15-45(44)34-51(50)54-52(49)35-48/h1-35H. The Balaban J connectivity index is 1.05. The molecule has 0 bridgehead atoms. The molecule has 1 aromatic heterocycles. The summed E-state index contributed by atoms with van der Waals surface area (Å²) >= 11 is 0. The largest absolute Gasteiger partial charge is 0.456 e. The number of nitrogens with zero attached hydrogens (tertiary/aromatic N) is 1. The van der Waals surface area contributed by atoms with Gasteiger partial charge in [0.15, 0.2) is 0 Å². The van der Waals surface area contributed by atoms with Crippen LogP contribution in [-0.2, 0) is 0 Å². The van der Waals surface area contributed by atoms with Crippen LogP contribution in [0.4, 0.5) is 17.1 Å². The molecule has 54 heavy (non-hydrogen) atoms. The molecule has 0 saturated heterocycles. The molecule has 10 aromatic rings. The fourth-order valence-corrected chi connectivity index (χ4v) is 7.64. The molecule has 0 aliphatic rings. The Morgan fingerprint density at radius 1 is 0.259 bits per heavy atom. The van der Waals surface area contributed by atoms with Gasteiger partial charge in [0.1, 0.15) is 11.2 Å². The van der Waals surface area contributed by atoms with E-state index in [2.05, 4.69) is 217 Å². The molecule has 0 aliphatic heterocycles. The van der Waals surface area contributed by atoms with E-state index in [9.17, 15) is 0 Å². The molecule has 0 atom stereocenters. The van der Waals surface area contributed by atoms with Crippen LogP contribution in [0.2, 0.25) is 0 Å². The number of anilines is 3. The van der Waals surface area contributed by atoms with Gasteiger partial charge in [0.05, 0.1) is 0 Å². The van der Waals surface area contributed by atoms with Crippen LogP contribution in [0.25, 0.3) is 77.2 Å². The molecule has 0 radical (unpaired) electrons. The number of hydrogen-bond donors (Lipinski definition) is 0. The smallest absolute Gasteiger partial charge is 0.137 e. The predicted octanol–water partition coefficient (Wildman–Crippen LogP) is 14.9. The van der Waals surface area contributed by atoms with Crippen molar-refractivity contribution in [1.82, 2.24) is 0 Å². The number of fused-ring (bicyclic) bond motifs is 4. The van der Waals surface area contributed by atoms with E-state index in [1.807, 2.05) is 0 Å². The molecule has 0 unspecified atom stereocenters. The van der Waals surface area contributed by atoms with Gasteiger partial charge in [-0.25, -0.2) is 0 Å². The molecule has 0 spiro atoms. The third-order valence-electron chi connectivity index (χ3n) is 10.5. The van der Waals surface area contributed by atoms with Crippen molar-refractivity contribution in [3.63, 3.8) is 0 Å². The number of benzene rings is 9. The minimum atomic E-state index is 0.866. The van der Waals surface area contributed by atoms with Crippen LogP contribution in [0.15, 0.2) is 217 Å². The Morgan fingerprint density at radius 2 is 0.685 bits per heavy atom. The summed E-state index contributed by atoms with van der Waals surface area (Å²) in [6, 6.07) is 75.8. The third kappa shape index (κ3) is 5.90. The van der Waals surface area contributed by atoms with Crippen molar-refractivity contribution in [2.24, 2.45) is 0 Å². The quantitative estimate of drug-likeness (QED) is 0.166. The van der Waals surface area contributed by atoms with Crippen molar-refractivity contribution in [2.45, 2.75) is 0 Å². The van der Waals surface area contributed by atoms with Gasteiger partial charge in [-0.2, -0.15) is 0 Å². The zero-order chi connectivity index (χ0) is 35.8. The first-order valence-corrected chi connectivity index (χ1v) is 18.4. The number of hydrogen-bond acceptors (Lipinski definition) is 2. The SMILES string of the molecule is c1ccc(-c2ccc(-c3ccc(N(c4cccc(-c5ccc(-c6ccccc6)cc5)c4)c4ccc5c(c4)oc4cc6ccccc6cc45)cc3)cc2)cc1. The van der Waals surface area contributed by atoms with Crippen molar-refractivity contribution in [1.29, 1.82) is 0 Å². The van der Waals surface area contributed by atoms with Gasteiger partial charge in [-0.1, -0.05) is 158 Å². The molecule has 0 amide bonds. The molecule has 2 nitrogen and oxygen atoms in total. The minimum Gasteiger partial charge on any atom is -0.456 e. The normalized spacial score (nSPS) is 11.3. The van der Waals surface area contributed by atoms with E-state index in [0.717, 1.165) is 44.6 Å². The third-order valence-corrected chi connectivity index (χ3v) is 10.5. The summed E-state index contributed by atoms with van der Waals surface area (Å²) in [6.45, 7) is 0. The van der Waals surface area contributed by atoms with Crippen LogP contribution in [-0.4, -0.2) is 0 Å². The molecule has 254 valence electrons. The first-order valence-electron chi connectivity index (χ1n) is 18.4. The predicted molar refractivity (Wildman–Crippen MR) is 228 cm³/mol. The molecule has 0 saturated carbocycles. The first kappa shape index (κ1) is 31.6. The molecule has 2 heteroatoms. The number of rotatable bonds is 7. The lowest BCUT2D eigenvalue weighted by molar-refractivity contribution is 0.669. The maximum atomic E-state index is 6.56. The topological polar surface area (TPSA) is 16.4 Å². The molecule has 9 aromatic carbocycles. The molecule has 1 heterocycles. The summed E-state index contributed by atoms with van der Waals surface area (Å²) < 4.78 is 6.56. The summed E-state index contributed by atoms with van der Waals surface area (Å²) in [6.07, 6.45) is 0. The number of furan rings is 1. The Hall–Kier alpha value is -7.16. The van der Waals surface area contributed by atoms with E-state index in [1.54, 1.807) is 0 Å². The summed E-state index contributed by atoms with van der Waals surface area (Å²) in [7, 11) is 0. The Bertz CT molecular complexity index is 2890. The zero-order valence-electron chi connectivity index (χ0n) is 29.6. The lowest BCUT2D eigenvalue weighted by Crippen LogP contribution is -2.10. The average molecular weight is 690 g/mol. The zero-order valence-corrected chi connectivity index (χ0v) is 29.6. The highest BCUT2D eigenvalue weighted by molar-refractivity contribution is 6.10. The van der Waals surface area contributed by atoms with Crippen molar-refractivity contribution in [3.8, 4) is 44.5 Å². The van der Waals surface area contributed by atoms with Gasteiger partial charge in [-0.05, 0) is 104 Å². The molecule has 10 rings (SSSR count). The van der Waals surface area contributed by atoms with Crippen molar-refractivity contribution >= 4 is 49.8 Å². The van der Waals surface area contributed by atoms with Crippen LogP contribution in [0, 0.1) is 0 Å². The highest BCUT2D eigenvalue weighted by atomic mass is 16.3. The molecular weight excluding hydrogens is 655 g/mol. The monoisotopic (exact) mass is 689 g/mol. The first-order chi connectivity index (χ1) is 26.7. The average Bonchev–Trinajstić information content (AvgIpc) is 3.60. The van der Waals surface area contributed by atoms with Gasteiger partial charge in [0.25, 0.3) is 0 Å². The van der Waals surface area contributed by atoms with E-state index in [-0.39, 0.29) is 0 Å². The fourth-order valence-electron chi connectivity index (χ4n) is 7.64. The van der Waals surface area contributed by atoms with Gasteiger partial charge < -0.3 is 9.32 Å². The van der Waals surface area contributed by atoms with Crippen LogP contribution in [0.1, 0.15) is 0 Å². The summed E-state index contributed by atoms with van der Waals surface area (Å²) in [5.74, 6) is 0. The second-order valence-electron chi connectivity index (χ2n) is 13.8. The van der Waals surface area contributed by atoms with Crippen LogP contribution < -0.4 is 4.90 Å². The molecule has 0 N–H and O–H groups in total. The lowest BCUT2D eigenvalue weighted by atomic mass is 9.99. The van der Waals surface area contributed by atoms with Gasteiger partial charge in [-0.15, -0.1) is 0 Å². The van der Waals surface area contributed by atoms with Gasteiger partial charge in [-0.3, -0.25) is 0 Å².